The van der Waals surface area contributed by atoms with Crippen molar-refractivity contribution in [3.05, 3.63) is 123 Å². The maximum Gasteiger partial charge on any atom is 0.339 e. The second-order valence-corrected chi connectivity index (χ2v) is 15.0. The number of phenols is 2. The van der Waals surface area contributed by atoms with E-state index < -0.39 is 70.4 Å². The van der Waals surface area contributed by atoms with Gasteiger partial charge in [0.2, 0.25) is 11.8 Å². The van der Waals surface area contributed by atoms with Crippen molar-refractivity contribution in [2.24, 2.45) is 23.7 Å². The van der Waals surface area contributed by atoms with Gasteiger partial charge in [0.15, 0.2) is 11.5 Å². The Bertz CT molecular complexity index is 2310. The lowest BCUT2D eigenvalue weighted by Gasteiger charge is -2.50. The standard InChI is InChI=1S/C41H34BrN3O9/c1-20-8-10-23(11-9-20)43-45-37(49)29-19-28-25(14-15-27-33(28)38(50)44(36(27)48)24-12-13-26(39(51)52)31(46)18-24)34(21-16-30(42)35(47)32(17-21)54-2)41(29,40(45)53)22-6-4-3-5-7-22/h3-14,16-18,27-29,33-34,43,46-47H,15,19H2,1-2H3,(H,51,52)/t27-,28+,29-,33-,34-,41+/m0/s1. The number of hydrogen-bond acceptors (Lipinski definition) is 9. The quantitative estimate of drug-likeness (QED) is 0.127. The third kappa shape index (κ3) is 5.05. The molecule has 13 heteroatoms. The molecule has 4 aromatic rings. The summed E-state index contributed by atoms with van der Waals surface area (Å²) < 4.78 is 5.85. The van der Waals surface area contributed by atoms with Gasteiger partial charge in [-0.25, -0.2) is 9.69 Å². The summed E-state index contributed by atoms with van der Waals surface area (Å²) in [6.07, 6.45) is 2.10. The fraction of sp³-hybridized carbons (Fsp3) is 0.244. The summed E-state index contributed by atoms with van der Waals surface area (Å²) in [6, 6.07) is 23.2. The van der Waals surface area contributed by atoms with Gasteiger partial charge in [0.05, 0.1) is 46.1 Å². The van der Waals surface area contributed by atoms with Crippen LogP contribution in [0.2, 0.25) is 0 Å². The fourth-order valence-corrected chi connectivity index (χ4v) is 9.59. The van der Waals surface area contributed by atoms with Crippen LogP contribution in [-0.4, -0.2) is 57.0 Å². The second-order valence-electron chi connectivity index (χ2n) is 14.2. The highest BCUT2D eigenvalue weighted by molar-refractivity contribution is 9.10. The third-order valence-corrected chi connectivity index (χ3v) is 12.1. The van der Waals surface area contributed by atoms with Crippen LogP contribution in [-0.2, 0) is 24.6 Å². The summed E-state index contributed by atoms with van der Waals surface area (Å²) >= 11 is 3.46. The lowest BCUT2D eigenvalue weighted by molar-refractivity contribution is -0.138. The summed E-state index contributed by atoms with van der Waals surface area (Å²) in [6.45, 7) is 1.93. The van der Waals surface area contributed by atoms with Crippen molar-refractivity contribution in [2.45, 2.75) is 31.1 Å². The minimum atomic E-state index is -1.53. The van der Waals surface area contributed by atoms with Gasteiger partial charge in [-0.15, -0.1) is 0 Å². The van der Waals surface area contributed by atoms with Gasteiger partial charge in [0.1, 0.15) is 11.3 Å². The molecule has 3 fully saturated rings. The number of carbonyl (C=O) groups excluding carboxylic acids is 4. The number of nitrogens with one attached hydrogen (secondary N) is 1. The highest BCUT2D eigenvalue weighted by atomic mass is 79.9. The van der Waals surface area contributed by atoms with E-state index >= 15 is 4.79 Å². The monoisotopic (exact) mass is 791 g/mol. The molecule has 4 N–H and O–H groups in total. The van der Waals surface area contributed by atoms with E-state index in [9.17, 15) is 34.5 Å². The first-order valence-electron chi connectivity index (χ1n) is 17.4. The average Bonchev–Trinajstić information content (AvgIpc) is 3.54. The van der Waals surface area contributed by atoms with Crippen LogP contribution in [0.5, 0.6) is 17.2 Å². The van der Waals surface area contributed by atoms with E-state index in [2.05, 4.69) is 21.4 Å². The molecule has 2 aliphatic heterocycles. The zero-order valence-corrected chi connectivity index (χ0v) is 30.6. The maximum absolute atomic E-state index is 15.3. The lowest BCUT2D eigenvalue weighted by atomic mass is 9.49. The molecule has 12 nitrogen and oxygen atoms in total. The molecule has 2 heterocycles. The Morgan fingerprint density at radius 1 is 0.907 bits per heavy atom. The SMILES string of the molecule is COc1cc([C@H]2C3=CC[C@@H]4C(=O)N(c5ccc(C(=O)O)c(O)c5)C(=O)[C@@H]4[C@@H]3C[C@H]3C(=O)N(Nc4ccc(C)cc4)C(=O)[C@@]23c2ccccc2)cc(Br)c1O. The van der Waals surface area contributed by atoms with Crippen molar-refractivity contribution >= 4 is 56.9 Å². The molecule has 4 amide bonds. The van der Waals surface area contributed by atoms with E-state index in [1.54, 1.807) is 36.4 Å². The van der Waals surface area contributed by atoms with E-state index in [0.29, 0.717) is 26.9 Å². The number of carboxylic acid groups (broad SMARTS) is 1. The number of ether oxygens (including phenoxy) is 1. The number of methoxy groups -OCH3 is 1. The summed E-state index contributed by atoms with van der Waals surface area (Å²) in [4.78, 5) is 71.4. The first kappa shape index (κ1) is 35.1. The van der Waals surface area contributed by atoms with Gasteiger partial charge >= 0.3 is 5.97 Å². The third-order valence-electron chi connectivity index (χ3n) is 11.5. The Kier molecular flexibility index (Phi) is 8.36. The van der Waals surface area contributed by atoms with Crippen LogP contribution < -0.4 is 15.1 Å². The number of rotatable bonds is 7. The van der Waals surface area contributed by atoms with E-state index in [1.165, 1.54) is 13.2 Å². The van der Waals surface area contributed by atoms with E-state index in [0.717, 1.165) is 27.6 Å². The van der Waals surface area contributed by atoms with Gasteiger partial charge in [-0.1, -0.05) is 59.7 Å². The number of fused-ring (bicyclic) bond motifs is 4. The zero-order chi connectivity index (χ0) is 38.2. The van der Waals surface area contributed by atoms with Crippen LogP contribution in [0.25, 0.3) is 0 Å². The number of aromatic hydroxyl groups is 2. The largest absolute Gasteiger partial charge is 0.507 e. The number of aryl methyl sites for hydroxylation is 1. The zero-order valence-electron chi connectivity index (χ0n) is 29.0. The molecule has 4 aromatic carbocycles. The molecule has 0 bridgehead atoms. The molecule has 2 aliphatic carbocycles. The lowest BCUT2D eigenvalue weighted by Crippen LogP contribution is -2.53. The molecule has 0 spiro atoms. The molecule has 6 atom stereocenters. The highest BCUT2D eigenvalue weighted by Crippen LogP contribution is 2.64. The number of carboxylic acids is 1. The van der Waals surface area contributed by atoms with Crippen molar-refractivity contribution in [3.63, 3.8) is 0 Å². The number of hydrazine groups is 1. The number of imide groups is 2. The average molecular weight is 793 g/mol. The van der Waals surface area contributed by atoms with Crippen LogP contribution in [0.4, 0.5) is 11.4 Å². The number of halogens is 1. The molecule has 8 rings (SSSR count). The Balaban J connectivity index is 1.32. The minimum Gasteiger partial charge on any atom is -0.507 e. The smallest absolute Gasteiger partial charge is 0.339 e. The second kappa shape index (κ2) is 12.9. The number of amides is 4. The number of nitrogens with zero attached hydrogens (tertiary/aromatic N) is 2. The summed E-state index contributed by atoms with van der Waals surface area (Å²) in [5.74, 6) is -8.34. The maximum atomic E-state index is 15.3. The van der Waals surface area contributed by atoms with Crippen LogP contribution in [0, 0.1) is 30.6 Å². The van der Waals surface area contributed by atoms with Gasteiger partial charge in [-0.05, 0) is 89.1 Å². The van der Waals surface area contributed by atoms with Crippen molar-refractivity contribution in [1.29, 1.82) is 0 Å². The molecule has 0 aromatic heterocycles. The van der Waals surface area contributed by atoms with Gasteiger partial charge in [0, 0.05) is 12.0 Å². The normalized spacial score (nSPS) is 25.9. The van der Waals surface area contributed by atoms with Crippen LogP contribution in [0.3, 0.4) is 0 Å². The molecule has 2 saturated heterocycles. The van der Waals surface area contributed by atoms with Crippen LogP contribution in [0.15, 0.2) is 101 Å². The first-order chi connectivity index (χ1) is 25.9. The predicted molar refractivity (Wildman–Crippen MR) is 199 cm³/mol. The first-order valence-corrected chi connectivity index (χ1v) is 18.1. The van der Waals surface area contributed by atoms with E-state index in [1.807, 2.05) is 43.3 Å². The molecule has 4 aliphatic rings. The molecule has 0 radical (unpaired) electrons. The van der Waals surface area contributed by atoms with Crippen molar-refractivity contribution in [1.82, 2.24) is 5.01 Å². The van der Waals surface area contributed by atoms with E-state index in [4.69, 9.17) is 4.74 Å². The number of anilines is 2. The molecule has 1 saturated carbocycles. The summed E-state index contributed by atoms with van der Waals surface area (Å²) in [5.41, 5.74) is 4.52. The Morgan fingerprint density at radius 2 is 1.63 bits per heavy atom. The minimum absolute atomic E-state index is 0.0298. The number of phenolic OH excluding ortho intramolecular Hbond substituents is 1. The molecule has 54 heavy (non-hydrogen) atoms. The number of hydrogen-bond donors (Lipinski definition) is 4. The summed E-state index contributed by atoms with van der Waals surface area (Å²) in [5, 5.41) is 31.8. The fourth-order valence-electron chi connectivity index (χ4n) is 9.13. The Hall–Kier alpha value is -5.95. The predicted octanol–water partition coefficient (Wildman–Crippen LogP) is 6.07. The number of allylic oxidation sites excluding steroid dienone is 2. The van der Waals surface area contributed by atoms with Crippen LogP contribution in [0.1, 0.15) is 45.8 Å². The van der Waals surface area contributed by atoms with Crippen LogP contribution >= 0.6 is 15.9 Å². The van der Waals surface area contributed by atoms with Crippen molar-refractivity contribution in [2.75, 3.05) is 17.4 Å². The van der Waals surface area contributed by atoms with E-state index in [-0.39, 0.29) is 35.6 Å². The molecular weight excluding hydrogens is 758 g/mol. The molecule has 274 valence electrons. The number of carbonyl (C=O) groups is 5. The van der Waals surface area contributed by atoms with Gasteiger partial charge < -0.3 is 20.1 Å². The highest BCUT2D eigenvalue weighted by Gasteiger charge is 2.70. The Labute approximate surface area is 317 Å². The van der Waals surface area contributed by atoms with Gasteiger partial charge in [0.25, 0.3) is 11.8 Å². The number of benzene rings is 4. The summed E-state index contributed by atoms with van der Waals surface area (Å²) in [7, 11) is 1.41. The molecule has 0 unspecified atom stereocenters. The Morgan fingerprint density at radius 3 is 2.30 bits per heavy atom. The number of aromatic carboxylic acids is 1. The topological polar surface area (TPSA) is 174 Å². The molecular formula is C41H34BrN3O9. The van der Waals surface area contributed by atoms with Gasteiger partial charge in [-0.2, -0.15) is 5.01 Å². The van der Waals surface area contributed by atoms with Gasteiger partial charge in [-0.3, -0.25) is 24.6 Å². The van der Waals surface area contributed by atoms with Crippen molar-refractivity contribution < 1.29 is 44.0 Å². The van der Waals surface area contributed by atoms with Crippen molar-refractivity contribution in [3.8, 4) is 17.2 Å².